The Morgan fingerprint density at radius 2 is 1.83 bits per heavy atom. The van der Waals surface area contributed by atoms with Crippen LogP contribution < -0.4 is 16.0 Å². The van der Waals surface area contributed by atoms with Gasteiger partial charge in [-0.2, -0.15) is 19.8 Å². The average molecular weight is 421 g/mol. The van der Waals surface area contributed by atoms with Crippen molar-refractivity contribution in [3.63, 3.8) is 0 Å². The van der Waals surface area contributed by atoms with Crippen LogP contribution in [-0.2, 0) is 0 Å². The maximum absolute atomic E-state index is 12.2. The molecule has 0 unspecified atom stereocenters. The number of nitrogens with two attached hydrogens (primary N) is 1. The summed E-state index contributed by atoms with van der Waals surface area (Å²) in [5, 5.41) is 40.0. The summed E-state index contributed by atoms with van der Waals surface area (Å²) in [5.41, 5.74) is 4.97. The first kappa shape index (κ1) is 20.8. The van der Waals surface area contributed by atoms with Gasteiger partial charge in [0.05, 0.1) is 32.5 Å². The molecular weight excluding hydrogens is 402 g/mol. The number of aromatic nitrogens is 6. The second-order valence-electron chi connectivity index (χ2n) is 6.08. The average Bonchev–Trinajstić information content (AvgIpc) is 3.41. The fourth-order valence-electron chi connectivity index (χ4n) is 2.12. The number of ether oxygens (including phenoxy) is 1. The van der Waals surface area contributed by atoms with Gasteiger partial charge in [0.2, 0.25) is 10.6 Å². The predicted octanol–water partition coefficient (Wildman–Crippen LogP) is -1.24. The molecule has 0 saturated heterocycles. The van der Waals surface area contributed by atoms with E-state index in [1.807, 2.05) is 24.3 Å². The molecule has 154 valence electrons. The molecular formula is C16H19N7O5S. The molecule has 0 saturated carbocycles. The quantitative estimate of drug-likeness (QED) is 0.261. The van der Waals surface area contributed by atoms with Gasteiger partial charge in [-0.25, -0.2) is 0 Å². The van der Waals surface area contributed by atoms with Crippen LogP contribution in [0.3, 0.4) is 0 Å². The molecule has 3 heterocycles. The lowest BCUT2D eigenvalue weighted by molar-refractivity contribution is 0.0698. The van der Waals surface area contributed by atoms with Gasteiger partial charge < -0.3 is 25.8 Å². The number of rotatable bonds is 5. The number of nitrogens with one attached hydrogen (secondary N) is 1. The van der Waals surface area contributed by atoms with Gasteiger partial charge in [-0.05, 0) is 24.3 Å². The standard InChI is InChI=1S/C12H8N6O2S.C4H11NO3/c1-20-7-4-2-6(3-5-7)10-16-18-11(19)8-9(15-17-14-8)13-12(18)21-10;5-4(1-6,2-7)3-8/h2-5H,1H3,(H,14,15,17);6-8H,1-3,5H2. The van der Waals surface area contributed by atoms with E-state index in [1.165, 1.54) is 15.9 Å². The third kappa shape index (κ3) is 4.23. The van der Waals surface area contributed by atoms with Gasteiger partial charge in [0.25, 0.3) is 0 Å². The molecule has 13 heteroatoms. The van der Waals surface area contributed by atoms with Crippen molar-refractivity contribution in [1.29, 1.82) is 0 Å². The van der Waals surface area contributed by atoms with Crippen molar-refractivity contribution in [2.24, 2.45) is 5.73 Å². The zero-order valence-electron chi connectivity index (χ0n) is 15.3. The van der Waals surface area contributed by atoms with Crippen LogP contribution >= 0.6 is 11.3 Å². The molecule has 0 bridgehead atoms. The lowest BCUT2D eigenvalue weighted by Gasteiger charge is -2.20. The molecule has 0 fully saturated rings. The number of fused-ring (bicyclic) bond motifs is 2. The van der Waals surface area contributed by atoms with Gasteiger partial charge in [-0.15, -0.1) is 10.2 Å². The summed E-state index contributed by atoms with van der Waals surface area (Å²) in [6, 6.07) is 7.44. The number of aromatic amines is 1. The number of benzene rings is 1. The number of methoxy groups -OCH3 is 1. The minimum Gasteiger partial charge on any atom is -0.497 e. The Labute approximate surface area is 167 Å². The molecule has 6 N–H and O–H groups in total. The first-order valence-electron chi connectivity index (χ1n) is 8.31. The molecule has 0 atom stereocenters. The fraction of sp³-hybridized carbons (Fsp3) is 0.312. The number of hydrogen-bond acceptors (Lipinski definition) is 11. The first-order valence-corrected chi connectivity index (χ1v) is 9.12. The highest BCUT2D eigenvalue weighted by molar-refractivity contribution is 7.19. The number of H-pyrrole nitrogens is 1. The van der Waals surface area contributed by atoms with Gasteiger partial charge in [-0.1, -0.05) is 11.3 Å². The van der Waals surface area contributed by atoms with Gasteiger partial charge in [0, 0.05) is 5.56 Å². The Hall–Kier alpha value is -2.97. The van der Waals surface area contributed by atoms with E-state index in [0.717, 1.165) is 11.3 Å². The number of aliphatic hydroxyl groups excluding tert-OH is 3. The molecule has 3 aromatic heterocycles. The largest absolute Gasteiger partial charge is 0.497 e. The van der Waals surface area contributed by atoms with Crippen molar-refractivity contribution in [3.8, 4) is 16.3 Å². The highest BCUT2D eigenvalue weighted by atomic mass is 32.1. The molecule has 0 radical (unpaired) electrons. The third-order valence-corrected chi connectivity index (χ3v) is 4.93. The van der Waals surface area contributed by atoms with E-state index in [2.05, 4.69) is 25.5 Å². The monoisotopic (exact) mass is 421 g/mol. The minimum atomic E-state index is -1.21. The topological polar surface area (TPSA) is 185 Å². The normalized spacial score (nSPS) is 11.5. The van der Waals surface area contributed by atoms with E-state index >= 15 is 0 Å². The highest BCUT2D eigenvalue weighted by Gasteiger charge is 2.20. The number of nitrogens with zero attached hydrogens (tertiary/aromatic N) is 5. The van der Waals surface area contributed by atoms with Crippen LogP contribution in [0.1, 0.15) is 0 Å². The highest BCUT2D eigenvalue weighted by Crippen LogP contribution is 2.26. The molecule has 0 amide bonds. The summed E-state index contributed by atoms with van der Waals surface area (Å²) in [4.78, 5) is 17.0. The van der Waals surface area contributed by atoms with Crippen molar-refractivity contribution in [1.82, 2.24) is 30.0 Å². The molecule has 4 aromatic rings. The third-order valence-electron chi connectivity index (χ3n) is 3.97. The van der Waals surface area contributed by atoms with Crippen LogP contribution in [0, 0.1) is 0 Å². The Balaban J connectivity index is 0.000000258. The van der Waals surface area contributed by atoms with Crippen LogP contribution in [0.4, 0.5) is 0 Å². The van der Waals surface area contributed by atoms with Crippen molar-refractivity contribution >= 4 is 27.5 Å². The first-order chi connectivity index (χ1) is 13.9. The molecule has 12 nitrogen and oxygen atoms in total. The zero-order chi connectivity index (χ0) is 21.0. The second kappa shape index (κ2) is 8.59. The summed E-state index contributed by atoms with van der Waals surface area (Å²) in [6.45, 7) is -1.21. The van der Waals surface area contributed by atoms with E-state index in [4.69, 9.17) is 25.8 Å². The van der Waals surface area contributed by atoms with E-state index < -0.39 is 25.4 Å². The molecule has 0 aliphatic carbocycles. The van der Waals surface area contributed by atoms with E-state index in [-0.39, 0.29) is 11.1 Å². The summed E-state index contributed by atoms with van der Waals surface area (Å²) in [6.07, 6.45) is 0. The second-order valence-corrected chi connectivity index (χ2v) is 7.04. The zero-order valence-corrected chi connectivity index (χ0v) is 16.1. The Morgan fingerprint density at radius 1 is 1.17 bits per heavy atom. The van der Waals surface area contributed by atoms with E-state index in [1.54, 1.807) is 7.11 Å². The van der Waals surface area contributed by atoms with E-state index in [0.29, 0.717) is 15.6 Å². The van der Waals surface area contributed by atoms with Crippen LogP contribution in [-0.4, -0.2) is 77.8 Å². The van der Waals surface area contributed by atoms with Gasteiger partial charge in [0.1, 0.15) is 10.8 Å². The smallest absolute Gasteiger partial charge is 0.305 e. The van der Waals surface area contributed by atoms with Crippen LogP contribution in [0.5, 0.6) is 5.75 Å². The molecule has 1 aromatic carbocycles. The van der Waals surface area contributed by atoms with Gasteiger partial charge in [0.15, 0.2) is 5.52 Å². The molecule has 0 aliphatic heterocycles. The van der Waals surface area contributed by atoms with Gasteiger partial charge >= 0.3 is 5.56 Å². The molecule has 4 rings (SSSR count). The number of hydrogen-bond donors (Lipinski definition) is 5. The summed E-state index contributed by atoms with van der Waals surface area (Å²) >= 11 is 1.31. The molecule has 0 aliphatic rings. The molecule has 0 spiro atoms. The minimum absolute atomic E-state index is 0.180. The van der Waals surface area contributed by atoms with Crippen LogP contribution in [0.25, 0.3) is 26.7 Å². The lowest BCUT2D eigenvalue weighted by atomic mass is 10.1. The Kier molecular flexibility index (Phi) is 6.14. The van der Waals surface area contributed by atoms with Crippen LogP contribution in [0.2, 0.25) is 0 Å². The predicted molar refractivity (Wildman–Crippen MR) is 105 cm³/mol. The number of aliphatic hydroxyl groups is 3. The van der Waals surface area contributed by atoms with Crippen molar-refractivity contribution in [2.75, 3.05) is 26.9 Å². The van der Waals surface area contributed by atoms with E-state index in [9.17, 15) is 4.79 Å². The summed E-state index contributed by atoms with van der Waals surface area (Å²) in [7, 11) is 1.61. The summed E-state index contributed by atoms with van der Waals surface area (Å²) in [5.74, 6) is 0.762. The maximum Gasteiger partial charge on any atom is 0.305 e. The lowest BCUT2D eigenvalue weighted by Crippen LogP contribution is -2.50. The van der Waals surface area contributed by atoms with Crippen LogP contribution in [0.15, 0.2) is 29.1 Å². The fourth-order valence-corrected chi connectivity index (χ4v) is 3.02. The summed E-state index contributed by atoms with van der Waals surface area (Å²) < 4.78 is 6.37. The van der Waals surface area contributed by atoms with Crippen molar-refractivity contribution in [3.05, 3.63) is 34.6 Å². The molecule has 29 heavy (non-hydrogen) atoms. The Bertz CT molecular complexity index is 1140. The van der Waals surface area contributed by atoms with Gasteiger partial charge in [-0.3, -0.25) is 4.79 Å². The SMILES string of the molecule is COc1ccc(-c2nn3c(=O)c4n[nH]nc4nc3s2)cc1.NC(CO)(CO)CO. The Morgan fingerprint density at radius 3 is 2.38 bits per heavy atom. The van der Waals surface area contributed by atoms with Crippen molar-refractivity contribution in [2.45, 2.75) is 5.54 Å². The maximum atomic E-state index is 12.2. The van der Waals surface area contributed by atoms with Crippen molar-refractivity contribution < 1.29 is 20.1 Å².